The maximum absolute atomic E-state index is 14.3. The summed E-state index contributed by atoms with van der Waals surface area (Å²) in [5.74, 6) is 0.530. The van der Waals surface area contributed by atoms with E-state index in [1.54, 1.807) is 6.07 Å². The Morgan fingerprint density at radius 1 is 1.14 bits per heavy atom. The van der Waals surface area contributed by atoms with E-state index in [1.165, 1.54) is 0 Å². The molecule has 108 valence electrons. The Morgan fingerprint density at radius 2 is 1.95 bits per heavy atom. The number of fused-ring (bicyclic) bond motifs is 1. The summed E-state index contributed by atoms with van der Waals surface area (Å²) in [7, 11) is 0. The van der Waals surface area contributed by atoms with E-state index in [-0.39, 0.29) is 11.9 Å². The van der Waals surface area contributed by atoms with E-state index in [0.29, 0.717) is 5.56 Å². The van der Waals surface area contributed by atoms with E-state index in [0.717, 1.165) is 28.8 Å². The third-order valence-electron chi connectivity index (χ3n) is 3.60. The highest BCUT2D eigenvalue weighted by atomic mass is 19.1. The van der Waals surface area contributed by atoms with E-state index < -0.39 is 0 Å². The fourth-order valence-electron chi connectivity index (χ4n) is 2.58. The van der Waals surface area contributed by atoms with Crippen molar-refractivity contribution in [1.29, 1.82) is 0 Å². The van der Waals surface area contributed by atoms with Gasteiger partial charge in [-0.2, -0.15) is 0 Å². The van der Waals surface area contributed by atoms with Crippen molar-refractivity contribution in [1.82, 2.24) is 5.32 Å². The van der Waals surface area contributed by atoms with E-state index in [2.05, 4.69) is 5.32 Å². The van der Waals surface area contributed by atoms with E-state index in [1.807, 2.05) is 56.3 Å². The molecule has 1 heterocycles. The SMILES string of the molecule is CCNC(c1cc2ccccc2o1)c1ccc(C)cc1F. The average Bonchev–Trinajstić information content (AvgIpc) is 2.89. The lowest BCUT2D eigenvalue weighted by molar-refractivity contribution is 0.462. The molecule has 0 radical (unpaired) electrons. The van der Waals surface area contributed by atoms with Crippen LogP contribution in [0.25, 0.3) is 11.0 Å². The quantitative estimate of drug-likeness (QED) is 0.758. The van der Waals surface area contributed by atoms with Crippen molar-refractivity contribution in [3.63, 3.8) is 0 Å². The topological polar surface area (TPSA) is 25.2 Å². The van der Waals surface area contributed by atoms with Crippen molar-refractivity contribution in [2.45, 2.75) is 19.9 Å². The van der Waals surface area contributed by atoms with Gasteiger partial charge in [0.1, 0.15) is 17.2 Å². The standard InChI is InChI=1S/C18H18FNO/c1-3-20-18(14-9-8-12(2)10-15(14)19)17-11-13-6-4-5-7-16(13)21-17/h4-11,18,20H,3H2,1-2H3. The van der Waals surface area contributed by atoms with E-state index in [9.17, 15) is 4.39 Å². The summed E-state index contributed by atoms with van der Waals surface area (Å²) >= 11 is 0. The predicted octanol–water partition coefficient (Wildman–Crippen LogP) is 4.58. The van der Waals surface area contributed by atoms with Gasteiger partial charge in [-0.1, -0.05) is 37.3 Å². The molecule has 0 amide bonds. The number of hydrogen-bond donors (Lipinski definition) is 1. The molecule has 1 aromatic heterocycles. The highest BCUT2D eigenvalue weighted by molar-refractivity contribution is 5.78. The Labute approximate surface area is 123 Å². The van der Waals surface area contributed by atoms with Crippen LogP contribution in [0, 0.1) is 12.7 Å². The number of para-hydroxylation sites is 1. The van der Waals surface area contributed by atoms with Crippen LogP contribution in [0.4, 0.5) is 4.39 Å². The molecular weight excluding hydrogens is 265 g/mol. The van der Waals surface area contributed by atoms with Gasteiger partial charge in [-0.05, 0) is 37.2 Å². The molecule has 0 fully saturated rings. The largest absolute Gasteiger partial charge is 0.459 e. The van der Waals surface area contributed by atoms with Gasteiger partial charge >= 0.3 is 0 Å². The molecule has 3 aromatic rings. The zero-order chi connectivity index (χ0) is 14.8. The van der Waals surface area contributed by atoms with Gasteiger partial charge in [-0.25, -0.2) is 4.39 Å². The van der Waals surface area contributed by atoms with Gasteiger partial charge in [0.25, 0.3) is 0 Å². The zero-order valence-corrected chi connectivity index (χ0v) is 12.2. The van der Waals surface area contributed by atoms with Gasteiger partial charge in [0, 0.05) is 10.9 Å². The molecule has 21 heavy (non-hydrogen) atoms. The first-order valence-electron chi connectivity index (χ1n) is 7.17. The first kappa shape index (κ1) is 13.8. The zero-order valence-electron chi connectivity index (χ0n) is 12.2. The summed E-state index contributed by atoms with van der Waals surface area (Å²) in [4.78, 5) is 0. The molecule has 0 aliphatic carbocycles. The number of aryl methyl sites for hydroxylation is 1. The summed E-state index contributed by atoms with van der Waals surface area (Å²) in [6, 6.07) is 14.8. The fraction of sp³-hybridized carbons (Fsp3) is 0.222. The highest BCUT2D eigenvalue weighted by Gasteiger charge is 2.20. The van der Waals surface area contributed by atoms with Crippen LogP contribution in [0.1, 0.15) is 29.9 Å². The Morgan fingerprint density at radius 3 is 2.67 bits per heavy atom. The number of furan rings is 1. The minimum absolute atomic E-state index is 0.207. The molecule has 0 aliphatic heterocycles. The maximum atomic E-state index is 14.3. The molecule has 2 nitrogen and oxygen atoms in total. The molecule has 1 unspecified atom stereocenters. The molecule has 0 saturated carbocycles. The Bertz CT molecular complexity index is 730. The highest BCUT2D eigenvalue weighted by Crippen LogP contribution is 2.29. The lowest BCUT2D eigenvalue weighted by Gasteiger charge is -2.17. The lowest BCUT2D eigenvalue weighted by Crippen LogP contribution is -2.22. The molecule has 3 rings (SSSR count). The normalized spacial score (nSPS) is 12.7. The number of rotatable bonds is 4. The van der Waals surface area contributed by atoms with Gasteiger partial charge in [-0.15, -0.1) is 0 Å². The van der Waals surface area contributed by atoms with Crippen molar-refractivity contribution < 1.29 is 8.81 Å². The van der Waals surface area contributed by atoms with Gasteiger partial charge in [-0.3, -0.25) is 0 Å². The second-order valence-corrected chi connectivity index (χ2v) is 5.20. The second kappa shape index (κ2) is 5.70. The summed E-state index contributed by atoms with van der Waals surface area (Å²) in [5, 5.41) is 4.33. The van der Waals surface area contributed by atoms with Crippen LogP contribution in [0.5, 0.6) is 0 Å². The summed E-state index contributed by atoms with van der Waals surface area (Å²) in [6.07, 6.45) is 0. The molecule has 3 heteroatoms. The molecule has 0 saturated heterocycles. The minimum Gasteiger partial charge on any atom is -0.459 e. The van der Waals surface area contributed by atoms with Crippen molar-refractivity contribution in [3.8, 4) is 0 Å². The summed E-state index contributed by atoms with van der Waals surface area (Å²) in [6.45, 7) is 4.62. The van der Waals surface area contributed by atoms with Gasteiger partial charge in [0.2, 0.25) is 0 Å². The molecule has 0 aliphatic rings. The molecule has 2 aromatic carbocycles. The Hall–Kier alpha value is -2.13. The third-order valence-corrected chi connectivity index (χ3v) is 3.60. The van der Waals surface area contributed by atoms with Crippen LogP contribution in [-0.2, 0) is 0 Å². The number of nitrogens with one attached hydrogen (secondary N) is 1. The van der Waals surface area contributed by atoms with Crippen LogP contribution >= 0.6 is 0 Å². The minimum atomic E-state index is -0.275. The Kier molecular flexibility index (Phi) is 3.76. The molecular formula is C18H18FNO. The summed E-state index contributed by atoms with van der Waals surface area (Å²) in [5.41, 5.74) is 2.35. The molecule has 0 spiro atoms. The average molecular weight is 283 g/mol. The summed E-state index contributed by atoms with van der Waals surface area (Å²) < 4.78 is 20.2. The lowest BCUT2D eigenvalue weighted by atomic mass is 10.0. The van der Waals surface area contributed by atoms with Gasteiger partial charge in [0.15, 0.2) is 0 Å². The van der Waals surface area contributed by atoms with Crippen LogP contribution in [0.3, 0.4) is 0 Å². The number of hydrogen-bond acceptors (Lipinski definition) is 2. The first-order chi connectivity index (χ1) is 10.2. The number of halogens is 1. The van der Waals surface area contributed by atoms with Crippen LogP contribution in [0.15, 0.2) is 52.9 Å². The fourth-order valence-corrected chi connectivity index (χ4v) is 2.58. The predicted molar refractivity (Wildman–Crippen MR) is 82.9 cm³/mol. The molecule has 1 N–H and O–H groups in total. The van der Waals surface area contributed by atoms with Crippen molar-refractivity contribution in [2.75, 3.05) is 6.54 Å². The van der Waals surface area contributed by atoms with Crippen LogP contribution in [0.2, 0.25) is 0 Å². The van der Waals surface area contributed by atoms with E-state index >= 15 is 0 Å². The Balaban J connectivity index is 2.08. The van der Waals surface area contributed by atoms with Gasteiger partial charge in [0.05, 0.1) is 6.04 Å². The maximum Gasteiger partial charge on any atom is 0.134 e. The third kappa shape index (κ3) is 2.69. The van der Waals surface area contributed by atoms with Gasteiger partial charge < -0.3 is 9.73 Å². The van der Waals surface area contributed by atoms with Crippen molar-refractivity contribution >= 4 is 11.0 Å². The van der Waals surface area contributed by atoms with Crippen LogP contribution < -0.4 is 5.32 Å². The van der Waals surface area contributed by atoms with E-state index in [4.69, 9.17) is 4.42 Å². The van der Waals surface area contributed by atoms with Crippen molar-refractivity contribution in [3.05, 3.63) is 71.2 Å². The monoisotopic (exact) mass is 283 g/mol. The van der Waals surface area contributed by atoms with Crippen LogP contribution in [-0.4, -0.2) is 6.54 Å². The molecule has 1 atom stereocenters. The number of benzene rings is 2. The first-order valence-corrected chi connectivity index (χ1v) is 7.17. The smallest absolute Gasteiger partial charge is 0.134 e. The second-order valence-electron chi connectivity index (χ2n) is 5.20. The molecule has 0 bridgehead atoms. The van der Waals surface area contributed by atoms with Crippen molar-refractivity contribution in [2.24, 2.45) is 0 Å².